The average molecular weight is 214 g/mol. The smallest absolute Gasteiger partial charge is 0.000815 e. The van der Waals surface area contributed by atoms with E-state index < -0.39 is 0 Å². The first kappa shape index (κ1) is 14.9. The van der Waals surface area contributed by atoms with E-state index in [0.29, 0.717) is 0 Å². The Hall–Kier alpha value is -0.0800. The van der Waals surface area contributed by atoms with E-state index >= 15 is 0 Å². The fourth-order valence-electron chi connectivity index (χ4n) is 2.10. The summed E-state index contributed by atoms with van der Waals surface area (Å²) in [5.41, 5.74) is 0. The molecule has 15 heavy (non-hydrogen) atoms. The monoisotopic (exact) mass is 214 g/mol. The van der Waals surface area contributed by atoms with Gasteiger partial charge in [-0.3, -0.25) is 0 Å². The molecule has 2 heterocycles. The summed E-state index contributed by atoms with van der Waals surface area (Å²) in [5.74, 6) is 2.04. The van der Waals surface area contributed by atoms with Gasteiger partial charge in [0.25, 0.3) is 0 Å². The summed E-state index contributed by atoms with van der Waals surface area (Å²) in [6, 6.07) is 0. The Kier molecular flexibility index (Phi) is 10.4. The van der Waals surface area contributed by atoms with Gasteiger partial charge >= 0.3 is 0 Å². The van der Waals surface area contributed by atoms with Crippen LogP contribution in [0.25, 0.3) is 0 Å². The van der Waals surface area contributed by atoms with Crippen LogP contribution in [0, 0.1) is 11.8 Å². The fraction of sp³-hybridized carbons (Fsp3) is 1.00. The van der Waals surface area contributed by atoms with Gasteiger partial charge in [-0.2, -0.15) is 0 Å². The third-order valence-electron chi connectivity index (χ3n) is 2.99. The average Bonchev–Trinajstić information content (AvgIpc) is 2.31. The fourth-order valence-corrected chi connectivity index (χ4v) is 2.10. The third-order valence-corrected chi connectivity index (χ3v) is 2.99. The lowest BCUT2D eigenvalue weighted by Gasteiger charge is -2.32. The standard InChI is InChI=1S/C9H18N2.2C2H6/c1-3-10-4-2-8(1)5-9-6-11-7-9;2*1-2/h8-11H,1-7H2;2*1-2H3. The summed E-state index contributed by atoms with van der Waals surface area (Å²) >= 11 is 0. The second-order valence-corrected chi connectivity index (χ2v) is 3.95. The van der Waals surface area contributed by atoms with E-state index in [9.17, 15) is 0 Å². The van der Waals surface area contributed by atoms with Gasteiger partial charge in [-0.05, 0) is 57.3 Å². The van der Waals surface area contributed by atoms with Crippen LogP contribution < -0.4 is 10.6 Å². The van der Waals surface area contributed by atoms with Crippen LogP contribution in [0.5, 0.6) is 0 Å². The summed E-state index contributed by atoms with van der Waals surface area (Å²) < 4.78 is 0. The van der Waals surface area contributed by atoms with Gasteiger partial charge in [0.1, 0.15) is 0 Å². The van der Waals surface area contributed by atoms with Crippen LogP contribution in [0.2, 0.25) is 0 Å². The van der Waals surface area contributed by atoms with Crippen molar-refractivity contribution in [3.63, 3.8) is 0 Å². The van der Waals surface area contributed by atoms with Crippen LogP contribution in [0.3, 0.4) is 0 Å². The summed E-state index contributed by atoms with van der Waals surface area (Å²) in [6.07, 6.45) is 4.31. The number of nitrogens with one attached hydrogen (secondary N) is 2. The largest absolute Gasteiger partial charge is 0.317 e. The molecule has 92 valence electrons. The first-order chi connectivity index (χ1) is 7.45. The molecule has 2 N–H and O–H groups in total. The minimum Gasteiger partial charge on any atom is -0.317 e. The maximum atomic E-state index is 3.41. The molecule has 0 unspecified atom stereocenters. The van der Waals surface area contributed by atoms with E-state index in [-0.39, 0.29) is 0 Å². The van der Waals surface area contributed by atoms with E-state index in [4.69, 9.17) is 0 Å². The molecule has 2 rings (SSSR count). The second-order valence-electron chi connectivity index (χ2n) is 3.95. The Morgan fingerprint density at radius 2 is 1.33 bits per heavy atom. The van der Waals surface area contributed by atoms with Crippen molar-refractivity contribution in [2.24, 2.45) is 11.8 Å². The second kappa shape index (κ2) is 10.4. The molecule has 0 spiro atoms. The quantitative estimate of drug-likeness (QED) is 0.738. The molecule has 2 saturated heterocycles. The first-order valence-corrected chi connectivity index (χ1v) is 6.86. The predicted molar refractivity (Wildman–Crippen MR) is 69.3 cm³/mol. The molecule has 0 aromatic rings. The highest BCUT2D eigenvalue weighted by molar-refractivity contribution is 4.79. The zero-order valence-corrected chi connectivity index (χ0v) is 11.1. The minimum atomic E-state index is 1.01. The Bertz CT molecular complexity index is 116. The molecule has 2 fully saturated rings. The lowest BCUT2D eigenvalue weighted by Crippen LogP contribution is -2.43. The van der Waals surface area contributed by atoms with Gasteiger partial charge in [-0.1, -0.05) is 27.7 Å². The van der Waals surface area contributed by atoms with E-state index in [0.717, 1.165) is 11.8 Å². The number of piperidine rings is 1. The molecule has 0 aromatic heterocycles. The van der Waals surface area contributed by atoms with Crippen LogP contribution in [-0.2, 0) is 0 Å². The van der Waals surface area contributed by atoms with Gasteiger partial charge in [0, 0.05) is 0 Å². The maximum absolute atomic E-state index is 3.41. The molecule has 2 heteroatoms. The highest BCUT2D eigenvalue weighted by Gasteiger charge is 2.22. The first-order valence-electron chi connectivity index (χ1n) is 6.86. The zero-order chi connectivity index (χ0) is 11.5. The van der Waals surface area contributed by atoms with Crippen LogP contribution in [-0.4, -0.2) is 26.2 Å². The van der Waals surface area contributed by atoms with Crippen LogP contribution in [0.15, 0.2) is 0 Å². The molecular weight excluding hydrogens is 184 g/mol. The van der Waals surface area contributed by atoms with Gasteiger partial charge in [-0.15, -0.1) is 0 Å². The van der Waals surface area contributed by atoms with Gasteiger partial charge in [0.05, 0.1) is 0 Å². The van der Waals surface area contributed by atoms with Crippen molar-refractivity contribution in [1.82, 2.24) is 10.6 Å². The summed E-state index contributed by atoms with van der Waals surface area (Å²) in [6.45, 7) is 13.1. The highest BCUT2D eigenvalue weighted by Crippen LogP contribution is 2.22. The van der Waals surface area contributed by atoms with E-state index in [1.807, 2.05) is 27.7 Å². The van der Waals surface area contributed by atoms with Crippen molar-refractivity contribution in [3.05, 3.63) is 0 Å². The van der Waals surface area contributed by atoms with Crippen LogP contribution in [0.4, 0.5) is 0 Å². The third kappa shape index (κ3) is 6.16. The van der Waals surface area contributed by atoms with Gasteiger partial charge < -0.3 is 10.6 Å². The molecule has 2 nitrogen and oxygen atoms in total. The number of rotatable bonds is 2. The van der Waals surface area contributed by atoms with Crippen LogP contribution in [0.1, 0.15) is 47.0 Å². The molecular formula is C13H30N2. The minimum absolute atomic E-state index is 1.01. The van der Waals surface area contributed by atoms with Gasteiger partial charge in [0.2, 0.25) is 0 Å². The molecule has 0 bridgehead atoms. The zero-order valence-electron chi connectivity index (χ0n) is 11.1. The molecule has 0 aromatic carbocycles. The molecule has 0 radical (unpaired) electrons. The Balaban J connectivity index is 0.000000442. The molecule has 0 aliphatic carbocycles. The molecule has 2 aliphatic rings. The van der Waals surface area contributed by atoms with Crippen molar-refractivity contribution < 1.29 is 0 Å². The maximum Gasteiger partial charge on any atom is -0.000815 e. The normalized spacial score (nSPS) is 21.6. The molecule has 0 atom stereocenters. The Labute approximate surface area is 96.2 Å². The van der Waals surface area contributed by atoms with E-state index in [1.54, 1.807) is 0 Å². The lowest BCUT2D eigenvalue weighted by atomic mass is 9.85. The summed E-state index contributed by atoms with van der Waals surface area (Å²) in [5, 5.41) is 6.74. The van der Waals surface area contributed by atoms with Crippen molar-refractivity contribution in [2.75, 3.05) is 26.2 Å². The Morgan fingerprint density at radius 1 is 0.800 bits per heavy atom. The van der Waals surface area contributed by atoms with Crippen molar-refractivity contribution in [1.29, 1.82) is 0 Å². The Morgan fingerprint density at radius 3 is 1.73 bits per heavy atom. The molecule has 0 amide bonds. The number of hydrogen-bond acceptors (Lipinski definition) is 2. The topological polar surface area (TPSA) is 24.1 Å². The highest BCUT2D eigenvalue weighted by atomic mass is 14.9. The molecule has 2 aliphatic heterocycles. The van der Waals surface area contributed by atoms with Crippen molar-refractivity contribution in [3.8, 4) is 0 Å². The van der Waals surface area contributed by atoms with Gasteiger partial charge in [0.15, 0.2) is 0 Å². The van der Waals surface area contributed by atoms with E-state index in [1.165, 1.54) is 45.4 Å². The lowest BCUT2D eigenvalue weighted by molar-refractivity contribution is 0.241. The summed E-state index contributed by atoms with van der Waals surface area (Å²) in [4.78, 5) is 0. The van der Waals surface area contributed by atoms with Crippen molar-refractivity contribution in [2.45, 2.75) is 47.0 Å². The predicted octanol–water partition coefficient (Wildman–Crippen LogP) is 2.65. The van der Waals surface area contributed by atoms with Crippen LogP contribution >= 0.6 is 0 Å². The SMILES string of the molecule is C1CC(CC2CNC2)CCN1.CC.CC. The molecule has 0 saturated carbocycles. The van der Waals surface area contributed by atoms with Crippen molar-refractivity contribution >= 4 is 0 Å². The van der Waals surface area contributed by atoms with E-state index in [2.05, 4.69) is 10.6 Å². The summed E-state index contributed by atoms with van der Waals surface area (Å²) in [7, 11) is 0. The number of hydrogen-bond donors (Lipinski definition) is 2. The van der Waals surface area contributed by atoms with Gasteiger partial charge in [-0.25, -0.2) is 0 Å².